The van der Waals surface area contributed by atoms with Gasteiger partial charge < -0.3 is 9.87 Å². The minimum atomic E-state index is -3.22. The van der Waals surface area contributed by atoms with E-state index in [0.29, 0.717) is 13.1 Å². The molecule has 0 bridgehead atoms. The van der Waals surface area contributed by atoms with Crippen LogP contribution in [0.3, 0.4) is 0 Å². The van der Waals surface area contributed by atoms with Crippen LogP contribution in [-0.4, -0.2) is 58.3 Å². The Kier molecular flexibility index (Phi) is 5.23. The lowest BCUT2D eigenvalue weighted by molar-refractivity contribution is 0.0872. The molecule has 2 saturated heterocycles. The first-order valence-electron chi connectivity index (χ1n) is 9.94. The molecule has 5 nitrogen and oxygen atoms in total. The Labute approximate surface area is 158 Å². The topological polar surface area (TPSA) is 58.6 Å². The maximum Gasteiger partial charge on any atom is 0.122 e. The van der Waals surface area contributed by atoms with Crippen molar-refractivity contribution in [1.82, 2.24) is 14.5 Å². The third kappa shape index (κ3) is 3.76. The number of nitrogens with one attached hydrogen (secondary N) is 1. The summed E-state index contributed by atoms with van der Waals surface area (Å²) in [5.41, 5.74) is 2.46. The van der Waals surface area contributed by atoms with Gasteiger partial charge in [0.05, 0.1) is 13.1 Å². The Balaban J connectivity index is 1.64. The second-order valence-corrected chi connectivity index (χ2v) is 10.4. The molecule has 1 aromatic rings. The average molecular weight is 378 g/mol. The maximum atomic E-state index is 12.5. The first kappa shape index (κ1) is 18.6. The van der Waals surface area contributed by atoms with Crippen molar-refractivity contribution in [1.29, 1.82) is 0 Å². The van der Waals surface area contributed by atoms with Crippen LogP contribution in [0.15, 0.2) is 24.3 Å². The zero-order valence-electron chi connectivity index (χ0n) is 15.8. The minimum Gasteiger partial charge on any atom is -0.598 e. The molecular formula is C20H31N3O2S. The summed E-state index contributed by atoms with van der Waals surface area (Å²) in [5, 5.41) is 3.45. The number of rotatable bonds is 3. The van der Waals surface area contributed by atoms with Crippen molar-refractivity contribution < 1.29 is 8.76 Å². The SMILES string of the molecule is C[S+](=O)([O-])N1Cc2ccccc2CC2(CCCN2CC2CCNCC2)C1. The Morgan fingerprint density at radius 1 is 1.27 bits per heavy atom. The number of hydrogen-bond acceptors (Lipinski definition) is 4. The van der Waals surface area contributed by atoms with Crippen LogP contribution in [-0.2, 0) is 27.6 Å². The van der Waals surface area contributed by atoms with E-state index in [0.717, 1.165) is 44.9 Å². The fourth-order valence-corrected chi connectivity index (χ4v) is 5.99. The van der Waals surface area contributed by atoms with Gasteiger partial charge in [-0.3, -0.25) is 4.90 Å². The molecule has 2 atom stereocenters. The van der Waals surface area contributed by atoms with Crippen molar-refractivity contribution in [3.63, 3.8) is 0 Å². The van der Waals surface area contributed by atoms with E-state index < -0.39 is 10.4 Å². The zero-order valence-corrected chi connectivity index (χ0v) is 16.6. The summed E-state index contributed by atoms with van der Waals surface area (Å²) in [7, 11) is -3.22. The predicted molar refractivity (Wildman–Crippen MR) is 104 cm³/mol. The summed E-state index contributed by atoms with van der Waals surface area (Å²) in [4.78, 5) is 2.64. The van der Waals surface area contributed by atoms with Crippen LogP contribution in [0.4, 0.5) is 0 Å². The van der Waals surface area contributed by atoms with E-state index in [-0.39, 0.29) is 5.54 Å². The highest BCUT2D eigenvalue weighted by molar-refractivity contribution is 7.94. The van der Waals surface area contributed by atoms with Crippen LogP contribution in [0.1, 0.15) is 36.8 Å². The Hall–Kier alpha value is -0.790. The lowest BCUT2D eigenvalue weighted by Gasteiger charge is -2.42. The number of benzene rings is 1. The molecular weight excluding hydrogens is 346 g/mol. The largest absolute Gasteiger partial charge is 0.598 e. The first-order chi connectivity index (χ1) is 12.5. The summed E-state index contributed by atoms with van der Waals surface area (Å²) in [6, 6.07) is 8.41. The normalized spacial score (nSPS) is 30.8. The summed E-state index contributed by atoms with van der Waals surface area (Å²) in [5.74, 6) is 0.733. The number of nitrogens with zero attached hydrogens (tertiary/aromatic N) is 2. The number of sulfonamides is 1. The Morgan fingerprint density at radius 3 is 2.73 bits per heavy atom. The molecule has 0 radical (unpaired) electrons. The van der Waals surface area contributed by atoms with Crippen LogP contribution >= 0.6 is 0 Å². The molecule has 0 aliphatic carbocycles. The molecule has 2 unspecified atom stereocenters. The van der Waals surface area contributed by atoms with E-state index in [4.69, 9.17) is 0 Å². The van der Waals surface area contributed by atoms with E-state index in [1.54, 1.807) is 4.31 Å². The molecule has 3 aliphatic rings. The number of likely N-dealkylation sites (tertiary alicyclic amines) is 1. The van der Waals surface area contributed by atoms with Gasteiger partial charge in [0.25, 0.3) is 0 Å². The summed E-state index contributed by atoms with van der Waals surface area (Å²) >= 11 is 0. The molecule has 1 spiro atoms. The van der Waals surface area contributed by atoms with E-state index in [1.807, 2.05) is 6.07 Å². The lowest BCUT2D eigenvalue weighted by Crippen LogP contribution is -2.55. The van der Waals surface area contributed by atoms with Gasteiger partial charge >= 0.3 is 0 Å². The van der Waals surface area contributed by atoms with Gasteiger partial charge in [0, 0.05) is 12.1 Å². The van der Waals surface area contributed by atoms with Gasteiger partial charge in [0.15, 0.2) is 0 Å². The predicted octanol–water partition coefficient (Wildman–Crippen LogP) is 2.05. The highest BCUT2D eigenvalue weighted by atomic mass is 32.3. The minimum absolute atomic E-state index is 0.0411. The highest BCUT2D eigenvalue weighted by Gasteiger charge is 2.47. The smallest absolute Gasteiger partial charge is 0.122 e. The summed E-state index contributed by atoms with van der Waals surface area (Å²) in [6.07, 6.45) is 7.07. The third-order valence-electron chi connectivity index (χ3n) is 6.60. The van der Waals surface area contributed by atoms with Gasteiger partial charge in [-0.1, -0.05) is 28.5 Å². The highest BCUT2D eigenvalue weighted by Crippen LogP contribution is 2.39. The van der Waals surface area contributed by atoms with Gasteiger partial charge in [-0.05, 0) is 68.8 Å². The maximum absolute atomic E-state index is 12.5. The molecule has 4 rings (SSSR count). The standard InChI is InChI=1S/C20H31N3O2S/c1-26(24,25)23-15-19-6-3-2-5-18(19)13-20(16-23)9-4-12-22(20)14-17-7-10-21-11-8-17/h2-3,5-6,17,21H,4,7-16H2,1H3. The average Bonchev–Trinajstić information content (AvgIpc) is 2.88. The molecule has 2 fully saturated rings. The molecule has 144 valence electrons. The van der Waals surface area contributed by atoms with E-state index in [9.17, 15) is 8.76 Å². The van der Waals surface area contributed by atoms with Crippen molar-refractivity contribution >= 4 is 10.4 Å². The number of piperidine rings is 1. The van der Waals surface area contributed by atoms with Crippen molar-refractivity contribution in [2.24, 2.45) is 5.92 Å². The van der Waals surface area contributed by atoms with Gasteiger partial charge in [-0.2, -0.15) is 0 Å². The van der Waals surface area contributed by atoms with Crippen LogP contribution in [0.5, 0.6) is 0 Å². The van der Waals surface area contributed by atoms with E-state index in [1.165, 1.54) is 36.6 Å². The van der Waals surface area contributed by atoms with Crippen molar-refractivity contribution in [2.75, 3.05) is 39.0 Å². The van der Waals surface area contributed by atoms with Crippen LogP contribution in [0.2, 0.25) is 0 Å². The summed E-state index contributed by atoms with van der Waals surface area (Å²) < 4.78 is 26.7. The quantitative estimate of drug-likeness (QED) is 0.819. The van der Waals surface area contributed by atoms with Crippen LogP contribution in [0, 0.1) is 5.92 Å². The molecule has 3 aliphatic heterocycles. The molecule has 6 heteroatoms. The van der Waals surface area contributed by atoms with Crippen LogP contribution in [0.25, 0.3) is 0 Å². The molecule has 0 amide bonds. The van der Waals surface area contributed by atoms with Gasteiger partial charge in [-0.15, -0.1) is 4.31 Å². The molecule has 0 aromatic heterocycles. The summed E-state index contributed by atoms with van der Waals surface area (Å²) in [6.45, 7) is 5.59. The monoisotopic (exact) mass is 377 g/mol. The molecule has 3 heterocycles. The van der Waals surface area contributed by atoms with Gasteiger partial charge in [0.1, 0.15) is 16.7 Å². The fourth-order valence-electron chi connectivity index (χ4n) is 5.14. The second kappa shape index (κ2) is 7.32. The first-order valence-corrected chi connectivity index (χ1v) is 11.8. The third-order valence-corrected chi connectivity index (χ3v) is 7.80. The lowest BCUT2D eigenvalue weighted by atomic mass is 9.86. The zero-order chi connectivity index (χ0) is 18.2. The van der Waals surface area contributed by atoms with Crippen molar-refractivity contribution in [2.45, 2.75) is 44.2 Å². The van der Waals surface area contributed by atoms with Gasteiger partial charge in [0.2, 0.25) is 0 Å². The van der Waals surface area contributed by atoms with Gasteiger partial charge in [-0.25, -0.2) is 0 Å². The number of fused-ring (bicyclic) bond motifs is 1. The van der Waals surface area contributed by atoms with Crippen LogP contribution < -0.4 is 5.32 Å². The second-order valence-electron chi connectivity index (χ2n) is 8.44. The molecule has 1 N–H and O–H groups in total. The van der Waals surface area contributed by atoms with Crippen molar-refractivity contribution in [3.05, 3.63) is 35.4 Å². The fraction of sp³-hybridized carbons (Fsp3) is 0.700. The Bertz CT molecular complexity index is 685. The van der Waals surface area contributed by atoms with Crippen molar-refractivity contribution in [3.8, 4) is 0 Å². The number of hydrogen-bond donors (Lipinski definition) is 1. The molecule has 1 aromatic carbocycles. The van der Waals surface area contributed by atoms with E-state index >= 15 is 0 Å². The molecule has 26 heavy (non-hydrogen) atoms. The molecule has 0 saturated carbocycles. The Morgan fingerprint density at radius 2 is 2.00 bits per heavy atom. The van der Waals surface area contributed by atoms with E-state index in [2.05, 4.69) is 28.4 Å².